The number of methoxy groups -OCH3 is 1. The molecule has 4 heteroatoms. The second-order valence-corrected chi connectivity index (χ2v) is 8.51. The minimum absolute atomic E-state index is 0.0644. The molecule has 1 heterocycles. The standard InChI is InChI=1S/C28H27NO3/c1-28(2,23-12-8-5-9-13-23)26(30)24(20-10-6-4-7-11-20)19-29-17-16-21-18-22(27(31)32-3)14-15-25(21)29/h4-15,18-19H,16-17H2,1-3H3/b24-19+. The van der Waals surface area contributed by atoms with Crippen LogP contribution in [0.25, 0.3) is 5.57 Å². The predicted octanol–water partition coefficient (Wildman–Crippen LogP) is 5.42. The topological polar surface area (TPSA) is 46.6 Å². The van der Waals surface area contributed by atoms with Gasteiger partial charge in [-0.15, -0.1) is 0 Å². The van der Waals surface area contributed by atoms with Crippen LogP contribution in [-0.2, 0) is 21.4 Å². The molecule has 4 nitrogen and oxygen atoms in total. The Morgan fingerprint density at radius 2 is 1.56 bits per heavy atom. The molecule has 32 heavy (non-hydrogen) atoms. The lowest BCUT2D eigenvalue weighted by Gasteiger charge is -2.27. The molecule has 0 saturated carbocycles. The van der Waals surface area contributed by atoms with Crippen molar-refractivity contribution in [2.24, 2.45) is 0 Å². The molecule has 0 aliphatic carbocycles. The Labute approximate surface area is 189 Å². The molecule has 162 valence electrons. The van der Waals surface area contributed by atoms with E-state index in [9.17, 15) is 9.59 Å². The van der Waals surface area contributed by atoms with E-state index >= 15 is 0 Å². The van der Waals surface area contributed by atoms with Gasteiger partial charge in [-0.1, -0.05) is 60.7 Å². The summed E-state index contributed by atoms with van der Waals surface area (Å²) in [6.07, 6.45) is 2.76. The molecule has 3 aromatic carbocycles. The summed E-state index contributed by atoms with van der Waals surface area (Å²) in [6, 6.07) is 25.3. The highest BCUT2D eigenvalue weighted by atomic mass is 16.5. The summed E-state index contributed by atoms with van der Waals surface area (Å²) in [5.74, 6) is -0.277. The van der Waals surface area contributed by atoms with Crippen LogP contribution in [0, 0.1) is 0 Å². The van der Waals surface area contributed by atoms with Crippen molar-refractivity contribution in [3.63, 3.8) is 0 Å². The molecular formula is C28H27NO3. The fraction of sp³-hybridized carbons (Fsp3) is 0.214. The molecule has 4 rings (SSSR count). The molecule has 0 aromatic heterocycles. The fourth-order valence-corrected chi connectivity index (χ4v) is 4.17. The van der Waals surface area contributed by atoms with E-state index in [4.69, 9.17) is 4.74 Å². The third-order valence-corrected chi connectivity index (χ3v) is 6.11. The number of anilines is 1. The normalized spacial score (nSPS) is 13.6. The lowest BCUT2D eigenvalue weighted by atomic mass is 9.76. The van der Waals surface area contributed by atoms with Crippen LogP contribution < -0.4 is 4.90 Å². The minimum atomic E-state index is -0.680. The highest BCUT2D eigenvalue weighted by Gasteiger charge is 2.33. The van der Waals surface area contributed by atoms with Crippen LogP contribution in [0.1, 0.15) is 40.9 Å². The van der Waals surface area contributed by atoms with E-state index in [2.05, 4.69) is 4.90 Å². The van der Waals surface area contributed by atoms with E-state index in [0.717, 1.165) is 35.3 Å². The Bertz CT molecular complexity index is 1160. The molecule has 0 saturated heterocycles. The van der Waals surface area contributed by atoms with Crippen molar-refractivity contribution in [3.05, 3.63) is 107 Å². The number of fused-ring (bicyclic) bond motifs is 1. The number of carbonyl (C=O) groups excluding carboxylic acids is 2. The Morgan fingerprint density at radius 1 is 0.906 bits per heavy atom. The molecular weight excluding hydrogens is 398 g/mol. The second kappa shape index (κ2) is 8.83. The fourth-order valence-electron chi connectivity index (χ4n) is 4.17. The van der Waals surface area contributed by atoms with Crippen molar-refractivity contribution in [1.82, 2.24) is 0 Å². The summed E-state index contributed by atoms with van der Waals surface area (Å²) < 4.78 is 4.85. The Balaban J connectivity index is 1.75. The maximum Gasteiger partial charge on any atom is 0.337 e. The van der Waals surface area contributed by atoms with E-state index in [0.29, 0.717) is 11.1 Å². The van der Waals surface area contributed by atoms with Gasteiger partial charge < -0.3 is 9.64 Å². The molecule has 1 aliphatic rings. The smallest absolute Gasteiger partial charge is 0.337 e. The number of benzene rings is 3. The highest BCUT2D eigenvalue weighted by Crippen LogP contribution is 2.35. The Kier molecular flexibility index (Phi) is 5.95. The van der Waals surface area contributed by atoms with Gasteiger partial charge in [0.2, 0.25) is 0 Å². The van der Waals surface area contributed by atoms with E-state index in [-0.39, 0.29) is 11.8 Å². The van der Waals surface area contributed by atoms with Gasteiger partial charge in [-0.25, -0.2) is 4.79 Å². The predicted molar refractivity (Wildman–Crippen MR) is 128 cm³/mol. The lowest BCUT2D eigenvalue weighted by Crippen LogP contribution is -2.31. The number of rotatable bonds is 6. The summed E-state index contributed by atoms with van der Waals surface area (Å²) in [7, 11) is 1.39. The average Bonchev–Trinajstić information content (AvgIpc) is 3.24. The van der Waals surface area contributed by atoms with Crippen LogP contribution in [-0.4, -0.2) is 25.4 Å². The SMILES string of the molecule is COC(=O)c1ccc2c(c1)CCN2/C=C(/C(=O)C(C)(C)c1ccccc1)c1ccccc1. The summed E-state index contributed by atoms with van der Waals surface area (Å²) in [5, 5.41) is 0. The Morgan fingerprint density at radius 3 is 2.22 bits per heavy atom. The first-order chi connectivity index (χ1) is 15.4. The number of allylic oxidation sites excluding steroid dienone is 1. The average molecular weight is 426 g/mol. The summed E-state index contributed by atoms with van der Waals surface area (Å²) in [4.78, 5) is 27.9. The van der Waals surface area contributed by atoms with Crippen LogP contribution in [0.5, 0.6) is 0 Å². The highest BCUT2D eigenvalue weighted by molar-refractivity contribution is 6.25. The number of ketones is 1. The maximum atomic E-state index is 13.9. The van der Waals surface area contributed by atoms with Gasteiger partial charge in [0.15, 0.2) is 5.78 Å². The van der Waals surface area contributed by atoms with Crippen LogP contribution in [0.3, 0.4) is 0 Å². The number of hydrogen-bond donors (Lipinski definition) is 0. The van der Waals surface area contributed by atoms with Crippen molar-refractivity contribution in [2.45, 2.75) is 25.7 Å². The van der Waals surface area contributed by atoms with Gasteiger partial charge >= 0.3 is 5.97 Å². The van der Waals surface area contributed by atoms with Crippen molar-refractivity contribution in [1.29, 1.82) is 0 Å². The summed E-state index contributed by atoms with van der Waals surface area (Å²) in [5.41, 5.74) is 4.49. The molecule has 0 N–H and O–H groups in total. The monoisotopic (exact) mass is 425 g/mol. The zero-order valence-electron chi connectivity index (χ0n) is 18.7. The maximum absolute atomic E-state index is 13.9. The van der Waals surface area contributed by atoms with Gasteiger partial charge in [0, 0.05) is 24.0 Å². The quantitative estimate of drug-likeness (QED) is 0.391. The van der Waals surface area contributed by atoms with Gasteiger partial charge in [0.1, 0.15) is 0 Å². The van der Waals surface area contributed by atoms with Crippen molar-refractivity contribution >= 4 is 23.0 Å². The molecule has 0 atom stereocenters. The summed E-state index contributed by atoms with van der Waals surface area (Å²) in [6.45, 7) is 4.69. The Hall–Kier alpha value is -3.66. The molecule has 0 spiro atoms. The van der Waals surface area contributed by atoms with Gasteiger partial charge in [-0.2, -0.15) is 0 Å². The van der Waals surface area contributed by atoms with E-state index in [1.165, 1.54) is 7.11 Å². The molecule has 0 radical (unpaired) electrons. The minimum Gasteiger partial charge on any atom is -0.465 e. The largest absolute Gasteiger partial charge is 0.465 e. The van der Waals surface area contributed by atoms with E-state index in [1.54, 1.807) is 6.07 Å². The lowest BCUT2D eigenvalue weighted by molar-refractivity contribution is -0.117. The third kappa shape index (κ3) is 4.09. The van der Waals surface area contributed by atoms with Gasteiger partial charge in [0.05, 0.1) is 18.1 Å². The number of carbonyl (C=O) groups is 2. The second-order valence-electron chi connectivity index (χ2n) is 8.51. The number of hydrogen-bond acceptors (Lipinski definition) is 4. The van der Waals surface area contributed by atoms with Gasteiger partial charge in [0.25, 0.3) is 0 Å². The van der Waals surface area contributed by atoms with Crippen LogP contribution in [0.4, 0.5) is 5.69 Å². The molecule has 0 fully saturated rings. The first kappa shape index (κ1) is 21.6. The zero-order valence-corrected chi connectivity index (χ0v) is 18.7. The number of Topliss-reactive ketones (excluding diaryl/α,β-unsaturated/α-hetero) is 1. The first-order valence-electron chi connectivity index (χ1n) is 10.8. The summed E-state index contributed by atoms with van der Waals surface area (Å²) >= 11 is 0. The number of esters is 1. The molecule has 0 unspecified atom stereocenters. The van der Waals surface area contributed by atoms with Crippen molar-refractivity contribution in [2.75, 3.05) is 18.6 Å². The van der Waals surface area contributed by atoms with Crippen molar-refractivity contribution in [3.8, 4) is 0 Å². The zero-order chi connectivity index (χ0) is 22.7. The third-order valence-electron chi connectivity index (χ3n) is 6.11. The van der Waals surface area contributed by atoms with Gasteiger partial charge in [-0.05, 0) is 55.2 Å². The van der Waals surface area contributed by atoms with Crippen LogP contribution >= 0.6 is 0 Å². The first-order valence-corrected chi connectivity index (χ1v) is 10.8. The molecule has 0 bridgehead atoms. The van der Waals surface area contributed by atoms with Gasteiger partial charge in [-0.3, -0.25) is 4.79 Å². The van der Waals surface area contributed by atoms with E-state index < -0.39 is 5.41 Å². The van der Waals surface area contributed by atoms with Crippen LogP contribution in [0.15, 0.2) is 85.1 Å². The molecule has 0 amide bonds. The molecule has 1 aliphatic heterocycles. The van der Waals surface area contributed by atoms with Crippen LogP contribution in [0.2, 0.25) is 0 Å². The number of nitrogens with zero attached hydrogens (tertiary/aromatic N) is 1. The molecule has 3 aromatic rings. The van der Waals surface area contributed by atoms with Crippen molar-refractivity contribution < 1.29 is 14.3 Å². The number of ether oxygens (including phenoxy) is 1. The van der Waals surface area contributed by atoms with E-state index in [1.807, 2.05) is 92.8 Å².